The maximum atomic E-state index is 11.7. The Bertz CT molecular complexity index is 554. The molecule has 16 heavy (non-hydrogen) atoms. The Labute approximate surface area is 103 Å². The van der Waals surface area contributed by atoms with Crippen molar-refractivity contribution in [3.05, 3.63) is 34.4 Å². The van der Waals surface area contributed by atoms with E-state index in [4.69, 9.17) is 0 Å². The van der Waals surface area contributed by atoms with Gasteiger partial charge in [-0.3, -0.25) is 4.79 Å². The summed E-state index contributed by atoms with van der Waals surface area (Å²) in [7, 11) is 0. The van der Waals surface area contributed by atoms with E-state index in [1.807, 2.05) is 38.2 Å². The first-order valence-electron chi connectivity index (χ1n) is 5.21. The first kappa shape index (κ1) is 11.4. The molecule has 3 heteroatoms. The van der Waals surface area contributed by atoms with E-state index in [-0.39, 0.29) is 5.78 Å². The van der Waals surface area contributed by atoms with E-state index in [0.29, 0.717) is 0 Å². The monoisotopic (exact) mass is 279 g/mol. The number of carbonyl (C=O) groups excluding carboxylic acids is 1. The summed E-state index contributed by atoms with van der Waals surface area (Å²) >= 11 is 3.43. The fourth-order valence-electron chi connectivity index (χ4n) is 1.81. The number of halogens is 1. The average molecular weight is 280 g/mol. The van der Waals surface area contributed by atoms with Crippen LogP contribution >= 0.6 is 15.9 Å². The third kappa shape index (κ3) is 1.69. The average Bonchev–Trinajstić information content (AvgIpc) is 2.60. The normalized spacial score (nSPS) is 12.0. The Hall–Kier alpha value is -1.09. The van der Waals surface area contributed by atoms with Gasteiger partial charge in [-0.15, -0.1) is 0 Å². The van der Waals surface area contributed by atoms with E-state index in [2.05, 4.69) is 20.9 Å². The molecule has 1 aromatic heterocycles. The number of nitrogens with one attached hydrogen (secondary N) is 1. The Balaban J connectivity index is 2.67. The number of fused-ring (bicyclic) bond motifs is 1. The van der Waals surface area contributed by atoms with Crippen molar-refractivity contribution >= 4 is 32.6 Å². The number of aromatic nitrogens is 1. The molecule has 1 N–H and O–H groups in total. The molecule has 0 saturated carbocycles. The highest BCUT2D eigenvalue weighted by atomic mass is 79.9. The molecule has 0 saturated heterocycles. The third-order valence-electron chi connectivity index (χ3n) is 3.20. The quantitative estimate of drug-likeness (QED) is 0.891. The van der Waals surface area contributed by atoms with E-state index in [9.17, 15) is 4.79 Å². The number of Topliss-reactive ketones (excluding diaryl/α,β-unsaturated/α-hetero) is 1. The summed E-state index contributed by atoms with van der Waals surface area (Å²) in [6.45, 7) is 5.55. The summed E-state index contributed by atoms with van der Waals surface area (Å²) in [6.07, 6.45) is 1.93. The molecule has 2 rings (SSSR count). The van der Waals surface area contributed by atoms with Crippen LogP contribution in [0.15, 0.2) is 28.9 Å². The molecule has 84 valence electrons. The molecule has 2 aromatic rings. The van der Waals surface area contributed by atoms with Crippen molar-refractivity contribution < 1.29 is 4.79 Å². The summed E-state index contributed by atoms with van der Waals surface area (Å²) < 4.78 is 1.04. The predicted molar refractivity (Wildman–Crippen MR) is 69.7 cm³/mol. The second kappa shape index (κ2) is 3.74. The molecule has 0 aliphatic rings. The number of benzene rings is 1. The van der Waals surface area contributed by atoms with Gasteiger partial charge in [-0.25, -0.2) is 0 Å². The van der Waals surface area contributed by atoms with Crippen LogP contribution in [0.3, 0.4) is 0 Å². The standard InChI is InChI=1S/C13H14BrNO/c1-8(16)13(2,3)11-7-15-12-6-9(14)4-5-10(11)12/h4-7,15H,1-3H3. The molecule has 0 aliphatic heterocycles. The smallest absolute Gasteiger partial charge is 0.139 e. The van der Waals surface area contributed by atoms with Gasteiger partial charge in [0.05, 0.1) is 5.41 Å². The minimum Gasteiger partial charge on any atom is -0.361 e. The van der Waals surface area contributed by atoms with Gasteiger partial charge in [0, 0.05) is 21.6 Å². The minimum absolute atomic E-state index is 0.177. The number of H-pyrrole nitrogens is 1. The van der Waals surface area contributed by atoms with Gasteiger partial charge in [0.15, 0.2) is 0 Å². The van der Waals surface area contributed by atoms with E-state index < -0.39 is 5.41 Å². The van der Waals surface area contributed by atoms with Gasteiger partial charge in [-0.1, -0.05) is 22.0 Å². The van der Waals surface area contributed by atoms with Crippen LogP contribution in [0.25, 0.3) is 10.9 Å². The first-order valence-corrected chi connectivity index (χ1v) is 6.00. The molecule has 1 heterocycles. The molecule has 0 unspecified atom stereocenters. The molecule has 0 atom stereocenters. The summed E-state index contributed by atoms with van der Waals surface area (Å²) in [4.78, 5) is 14.9. The van der Waals surface area contributed by atoms with Gasteiger partial charge in [0.2, 0.25) is 0 Å². The zero-order chi connectivity index (χ0) is 11.9. The highest BCUT2D eigenvalue weighted by Gasteiger charge is 2.28. The number of carbonyl (C=O) groups is 1. The number of aromatic amines is 1. The van der Waals surface area contributed by atoms with Crippen molar-refractivity contribution in [2.24, 2.45) is 0 Å². The van der Waals surface area contributed by atoms with Gasteiger partial charge in [-0.2, -0.15) is 0 Å². The van der Waals surface area contributed by atoms with Gasteiger partial charge < -0.3 is 4.98 Å². The van der Waals surface area contributed by atoms with Crippen LogP contribution in [-0.2, 0) is 10.2 Å². The van der Waals surface area contributed by atoms with E-state index in [1.54, 1.807) is 6.92 Å². The van der Waals surface area contributed by atoms with Gasteiger partial charge in [-0.05, 0) is 38.5 Å². The maximum Gasteiger partial charge on any atom is 0.139 e. The Morgan fingerprint density at radius 3 is 2.69 bits per heavy atom. The van der Waals surface area contributed by atoms with Crippen LogP contribution in [0, 0.1) is 0 Å². The lowest BCUT2D eigenvalue weighted by atomic mass is 9.81. The van der Waals surface area contributed by atoms with Crippen LogP contribution in [-0.4, -0.2) is 10.8 Å². The zero-order valence-electron chi connectivity index (χ0n) is 9.60. The first-order chi connectivity index (χ1) is 7.43. The molecule has 0 bridgehead atoms. The summed E-state index contributed by atoms with van der Waals surface area (Å²) in [5, 5.41) is 1.11. The Morgan fingerprint density at radius 2 is 2.06 bits per heavy atom. The molecular formula is C13H14BrNO. The number of hydrogen-bond acceptors (Lipinski definition) is 1. The SMILES string of the molecule is CC(=O)C(C)(C)c1c[nH]c2cc(Br)ccc12. The van der Waals surface area contributed by atoms with Gasteiger partial charge in [0.25, 0.3) is 0 Å². The molecule has 0 aliphatic carbocycles. The molecule has 0 spiro atoms. The van der Waals surface area contributed by atoms with E-state index >= 15 is 0 Å². The van der Waals surface area contributed by atoms with Gasteiger partial charge in [0.1, 0.15) is 5.78 Å². The van der Waals surface area contributed by atoms with Crippen LogP contribution in [0.4, 0.5) is 0 Å². The van der Waals surface area contributed by atoms with Crippen LogP contribution in [0.5, 0.6) is 0 Å². The summed E-state index contributed by atoms with van der Waals surface area (Å²) in [5.41, 5.74) is 1.67. The molecule has 0 radical (unpaired) electrons. The van der Waals surface area contributed by atoms with E-state index in [1.165, 1.54) is 0 Å². The van der Waals surface area contributed by atoms with E-state index in [0.717, 1.165) is 20.9 Å². The Kier molecular flexibility index (Phi) is 2.66. The third-order valence-corrected chi connectivity index (χ3v) is 3.69. The lowest BCUT2D eigenvalue weighted by Gasteiger charge is -2.20. The van der Waals surface area contributed by atoms with Crippen LogP contribution in [0.1, 0.15) is 26.3 Å². The van der Waals surface area contributed by atoms with Crippen molar-refractivity contribution in [2.45, 2.75) is 26.2 Å². The minimum atomic E-state index is -0.438. The maximum absolute atomic E-state index is 11.7. The largest absolute Gasteiger partial charge is 0.361 e. The van der Waals surface area contributed by atoms with Crippen molar-refractivity contribution in [2.75, 3.05) is 0 Å². The lowest BCUT2D eigenvalue weighted by Crippen LogP contribution is -2.25. The highest BCUT2D eigenvalue weighted by Crippen LogP contribution is 2.32. The topological polar surface area (TPSA) is 32.9 Å². The van der Waals surface area contributed by atoms with Crippen molar-refractivity contribution in [3.8, 4) is 0 Å². The summed E-state index contributed by atoms with van der Waals surface area (Å²) in [5.74, 6) is 0.177. The number of ketones is 1. The molecular weight excluding hydrogens is 266 g/mol. The van der Waals surface area contributed by atoms with Gasteiger partial charge >= 0.3 is 0 Å². The molecule has 1 aromatic carbocycles. The molecule has 0 amide bonds. The Morgan fingerprint density at radius 1 is 1.38 bits per heavy atom. The molecule has 0 fully saturated rings. The second-order valence-electron chi connectivity index (χ2n) is 4.57. The fraction of sp³-hybridized carbons (Fsp3) is 0.308. The number of hydrogen-bond donors (Lipinski definition) is 1. The zero-order valence-corrected chi connectivity index (χ0v) is 11.2. The highest BCUT2D eigenvalue weighted by molar-refractivity contribution is 9.10. The van der Waals surface area contributed by atoms with Crippen molar-refractivity contribution in [3.63, 3.8) is 0 Å². The summed E-state index contributed by atoms with van der Waals surface area (Å²) in [6, 6.07) is 6.06. The van der Waals surface area contributed by atoms with Crippen molar-refractivity contribution in [1.29, 1.82) is 0 Å². The molecule has 2 nitrogen and oxygen atoms in total. The van der Waals surface area contributed by atoms with Crippen LogP contribution < -0.4 is 0 Å². The predicted octanol–water partition coefficient (Wildman–Crippen LogP) is 3.80. The fourth-order valence-corrected chi connectivity index (χ4v) is 2.17. The lowest BCUT2D eigenvalue weighted by molar-refractivity contribution is -0.121. The number of rotatable bonds is 2. The van der Waals surface area contributed by atoms with Crippen molar-refractivity contribution in [1.82, 2.24) is 4.98 Å². The second-order valence-corrected chi connectivity index (χ2v) is 5.49. The van der Waals surface area contributed by atoms with Crippen LogP contribution in [0.2, 0.25) is 0 Å².